The summed E-state index contributed by atoms with van der Waals surface area (Å²) in [5, 5.41) is 21.8. The third-order valence-corrected chi connectivity index (χ3v) is 3.91. The van der Waals surface area contributed by atoms with Crippen LogP contribution in [0.2, 0.25) is 10.0 Å². The lowest BCUT2D eigenvalue weighted by Gasteiger charge is -2.06. The molecule has 0 unspecified atom stereocenters. The van der Waals surface area contributed by atoms with Crippen molar-refractivity contribution in [3.63, 3.8) is 0 Å². The number of rotatable bonds is 5. The number of carbonyl (C=O) groups is 1. The van der Waals surface area contributed by atoms with Gasteiger partial charge in [0, 0.05) is 21.3 Å². The van der Waals surface area contributed by atoms with Crippen LogP contribution in [0.3, 0.4) is 0 Å². The molecule has 0 saturated carbocycles. The molecule has 0 fully saturated rings. The van der Waals surface area contributed by atoms with E-state index in [0.717, 1.165) is 6.20 Å². The molecule has 0 bridgehead atoms. The summed E-state index contributed by atoms with van der Waals surface area (Å²) in [4.78, 5) is 22.7. The molecule has 134 valence electrons. The van der Waals surface area contributed by atoms with Crippen molar-refractivity contribution in [3.05, 3.63) is 67.8 Å². The number of halogens is 2. The fraction of sp³-hybridized carbons (Fsp3) is 0.133. The molecule has 0 radical (unpaired) electrons. The Balaban J connectivity index is 1.84. The van der Waals surface area contributed by atoms with Gasteiger partial charge in [0.25, 0.3) is 5.91 Å². The minimum Gasteiger partial charge on any atom is -0.361 e. The number of amides is 1. The Labute approximate surface area is 156 Å². The highest BCUT2D eigenvalue weighted by Crippen LogP contribution is 2.24. The van der Waals surface area contributed by atoms with E-state index in [0.29, 0.717) is 27.1 Å². The third kappa shape index (κ3) is 3.84. The van der Waals surface area contributed by atoms with Crippen molar-refractivity contribution in [2.75, 3.05) is 5.32 Å². The van der Waals surface area contributed by atoms with Gasteiger partial charge in [-0.05, 0) is 25.1 Å². The second-order valence-corrected chi connectivity index (χ2v) is 6.20. The number of hydrogen-bond donors (Lipinski definition) is 1. The molecule has 0 aliphatic heterocycles. The molecule has 0 saturated heterocycles. The Hall–Kier alpha value is -2.91. The minimum absolute atomic E-state index is 0.0387. The van der Waals surface area contributed by atoms with Gasteiger partial charge < -0.3 is 9.84 Å². The zero-order valence-corrected chi connectivity index (χ0v) is 14.8. The highest BCUT2D eigenvalue weighted by Gasteiger charge is 2.21. The van der Waals surface area contributed by atoms with E-state index in [4.69, 9.17) is 27.7 Å². The summed E-state index contributed by atoms with van der Waals surface area (Å²) in [7, 11) is 0. The Morgan fingerprint density at radius 1 is 1.35 bits per heavy atom. The largest absolute Gasteiger partial charge is 0.361 e. The molecule has 26 heavy (non-hydrogen) atoms. The van der Waals surface area contributed by atoms with Crippen molar-refractivity contribution < 1.29 is 14.2 Å². The maximum atomic E-state index is 12.5. The fourth-order valence-corrected chi connectivity index (χ4v) is 2.79. The van der Waals surface area contributed by atoms with Crippen molar-refractivity contribution in [1.82, 2.24) is 14.9 Å². The van der Waals surface area contributed by atoms with Crippen LogP contribution in [0.4, 0.5) is 11.4 Å². The van der Waals surface area contributed by atoms with Gasteiger partial charge in [-0.1, -0.05) is 28.4 Å². The molecule has 1 N–H and O–H groups in total. The molecule has 0 aliphatic rings. The first kappa shape index (κ1) is 17.9. The molecule has 3 rings (SSSR count). The lowest BCUT2D eigenvalue weighted by atomic mass is 10.2. The lowest BCUT2D eigenvalue weighted by Crippen LogP contribution is -2.16. The average molecular weight is 396 g/mol. The van der Waals surface area contributed by atoms with Crippen molar-refractivity contribution in [2.45, 2.75) is 13.5 Å². The van der Waals surface area contributed by atoms with E-state index >= 15 is 0 Å². The Morgan fingerprint density at radius 3 is 2.65 bits per heavy atom. The maximum absolute atomic E-state index is 12.5. The number of nitrogens with one attached hydrogen (secondary N) is 1. The maximum Gasteiger partial charge on any atom is 0.307 e. The number of aromatic nitrogens is 3. The average Bonchev–Trinajstić information content (AvgIpc) is 3.15. The molecule has 2 aromatic heterocycles. The third-order valence-electron chi connectivity index (χ3n) is 3.47. The number of hydrogen-bond acceptors (Lipinski definition) is 6. The van der Waals surface area contributed by atoms with Crippen LogP contribution in [0.25, 0.3) is 0 Å². The van der Waals surface area contributed by atoms with Gasteiger partial charge in [0.05, 0.1) is 11.5 Å². The lowest BCUT2D eigenvalue weighted by molar-refractivity contribution is -0.385. The van der Waals surface area contributed by atoms with Gasteiger partial charge in [-0.2, -0.15) is 5.10 Å². The van der Waals surface area contributed by atoms with Gasteiger partial charge in [0.1, 0.15) is 18.2 Å². The monoisotopic (exact) mass is 395 g/mol. The van der Waals surface area contributed by atoms with Crippen molar-refractivity contribution in [1.29, 1.82) is 0 Å². The molecule has 9 nitrogen and oxygen atoms in total. The first-order chi connectivity index (χ1) is 12.3. The van der Waals surface area contributed by atoms with Crippen LogP contribution in [0.5, 0.6) is 0 Å². The Kier molecular flexibility index (Phi) is 4.92. The molecular weight excluding hydrogens is 385 g/mol. The highest BCUT2D eigenvalue weighted by atomic mass is 35.5. The summed E-state index contributed by atoms with van der Waals surface area (Å²) < 4.78 is 6.41. The first-order valence-corrected chi connectivity index (χ1v) is 7.98. The van der Waals surface area contributed by atoms with Crippen LogP contribution in [-0.2, 0) is 6.54 Å². The van der Waals surface area contributed by atoms with E-state index in [-0.39, 0.29) is 17.9 Å². The molecular formula is C15H11Cl2N5O4. The minimum atomic E-state index is -0.555. The Morgan fingerprint density at radius 2 is 2.04 bits per heavy atom. The van der Waals surface area contributed by atoms with E-state index in [2.05, 4.69) is 15.6 Å². The van der Waals surface area contributed by atoms with Crippen LogP contribution in [-0.4, -0.2) is 25.8 Å². The van der Waals surface area contributed by atoms with Crippen molar-refractivity contribution in [2.24, 2.45) is 0 Å². The highest BCUT2D eigenvalue weighted by molar-refractivity contribution is 6.35. The van der Waals surface area contributed by atoms with Crippen LogP contribution in [0, 0.1) is 17.0 Å². The standard InChI is InChI=1S/C15H11Cl2N5O4/c1-8-13(7-21-6-12(5-18-21)22(24)25)14(20-26-8)15(23)19-11-3-9(16)2-10(17)4-11/h2-6H,7H2,1H3,(H,19,23). The first-order valence-electron chi connectivity index (χ1n) is 7.23. The zero-order valence-electron chi connectivity index (χ0n) is 13.3. The smallest absolute Gasteiger partial charge is 0.307 e. The van der Waals surface area contributed by atoms with E-state index in [1.54, 1.807) is 6.92 Å². The molecule has 0 aliphatic carbocycles. The topological polar surface area (TPSA) is 116 Å². The summed E-state index contributed by atoms with van der Waals surface area (Å²) in [6.45, 7) is 1.72. The second kappa shape index (κ2) is 7.14. The van der Waals surface area contributed by atoms with Gasteiger partial charge >= 0.3 is 5.69 Å². The molecule has 3 aromatic rings. The predicted molar refractivity (Wildman–Crippen MR) is 93.6 cm³/mol. The number of benzene rings is 1. The van der Waals surface area contributed by atoms with Gasteiger partial charge in [0.15, 0.2) is 5.69 Å². The van der Waals surface area contributed by atoms with Crippen LogP contribution in [0.15, 0.2) is 35.1 Å². The number of anilines is 1. The van der Waals surface area contributed by atoms with Crippen LogP contribution in [0.1, 0.15) is 21.8 Å². The molecule has 2 heterocycles. The van der Waals surface area contributed by atoms with E-state index in [1.165, 1.54) is 29.1 Å². The second-order valence-electron chi connectivity index (χ2n) is 5.33. The molecule has 1 aromatic carbocycles. The van der Waals surface area contributed by atoms with Crippen molar-refractivity contribution in [3.8, 4) is 0 Å². The van der Waals surface area contributed by atoms with Crippen molar-refractivity contribution >= 4 is 40.5 Å². The molecule has 1 amide bonds. The van der Waals surface area contributed by atoms with Crippen LogP contribution < -0.4 is 5.32 Å². The normalized spacial score (nSPS) is 10.7. The summed E-state index contributed by atoms with van der Waals surface area (Å²) in [5.74, 6) is -0.130. The Bertz CT molecular complexity index is 978. The van der Waals surface area contributed by atoms with E-state index < -0.39 is 10.8 Å². The van der Waals surface area contributed by atoms with Crippen LogP contribution >= 0.6 is 23.2 Å². The van der Waals surface area contributed by atoms with Gasteiger partial charge in [-0.25, -0.2) is 0 Å². The zero-order chi connectivity index (χ0) is 18.8. The predicted octanol–water partition coefficient (Wildman–Crippen LogP) is 3.70. The summed E-state index contributed by atoms with van der Waals surface area (Å²) in [6.07, 6.45) is 2.38. The van der Waals surface area contributed by atoms with Gasteiger partial charge in [-0.3, -0.25) is 19.6 Å². The number of aryl methyl sites for hydroxylation is 1. The van der Waals surface area contributed by atoms with E-state index in [1.807, 2.05) is 0 Å². The summed E-state index contributed by atoms with van der Waals surface area (Å²) >= 11 is 11.8. The molecule has 0 atom stereocenters. The fourth-order valence-electron chi connectivity index (χ4n) is 2.27. The SMILES string of the molecule is Cc1onc(C(=O)Nc2cc(Cl)cc(Cl)c2)c1Cn1cc([N+](=O)[O-])cn1. The summed E-state index contributed by atoms with van der Waals surface area (Å²) in [6, 6.07) is 4.61. The quantitative estimate of drug-likeness (QED) is 0.519. The molecule has 0 spiro atoms. The molecule has 11 heteroatoms. The summed E-state index contributed by atoms with van der Waals surface area (Å²) in [5.41, 5.74) is 0.734. The number of nitrogens with zero attached hydrogens (tertiary/aromatic N) is 4. The van der Waals surface area contributed by atoms with Gasteiger partial charge in [-0.15, -0.1) is 0 Å². The number of carbonyl (C=O) groups excluding carboxylic acids is 1. The van der Waals surface area contributed by atoms with E-state index in [9.17, 15) is 14.9 Å². The van der Waals surface area contributed by atoms with Gasteiger partial charge in [0.2, 0.25) is 0 Å². The number of nitro groups is 1.